The summed E-state index contributed by atoms with van der Waals surface area (Å²) in [7, 11) is -1.39. The Bertz CT molecular complexity index is 652. The van der Waals surface area contributed by atoms with Crippen molar-refractivity contribution in [2.45, 2.75) is 43.4 Å². The Labute approximate surface area is 166 Å². The summed E-state index contributed by atoms with van der Waals surface area (Å²) >= 11 is 1.32. The monoisotopic (exact) mass is 486 g/mol. The van der Waals surface area contributed by atoms with Crippen LogP contribution in [0.4, 0.5) is 0 Å². The molecule has 0 spiro atoms. The third-order valence-corrected chi connectivity index (χ3v) is 7.69. The molecule has 1 aromatic heterocycles. The maximum atomic E-state index is 12.4. The van der Waals surface area contributed by atoms with Crippen molar-refractivity contribution in [3.05, 3.63) is 17.0 Å². The van der Waals surface area contributed by atoms with E-state index in [-0.39, 0.29) is 24.0 Å². The van der Waals surface area contributed by atoms with E-state index in [4.69, 9.17) is 5.73 Å². The molecule has 1 heterocycles. The van der Waals surface area contributed by atoms with Gasteiger partial charge in [-0.05, 0) is 25.0 Å². The zero-order valence-corrected chi connectivity index (χ0v) is 18.4. The number of rotatable bonds is 8. The normalized spacial score (nSPS) is 15.4. The van der Waals surface area contributed by atoms with Crippen LogP contribution in [0.2, 0.25) is 0 Å². The molecule has 9 heteroatoms. The zero-order chi connectivity index (χ0) is 17.0. The summed E-state index contributed by atoms with van der Waals surface area (Å²) in [5, 5.41) is 0. The first-order valence-corrected chi connectivity index (χ1v) is 10.3. The van der Waals surface area contributed by atoms with E-state index in [2.05, 4.69) is 4.99 Å². The fraction of sp³-hybridized carbons (Fsp3) is 0.667. The highest BCUT2D eigenvalue weighted by Crippen LogP contribution is 2.26. The number of hydrogen-bond donors (Lipinski definition) is 1. The first-order valence-electron chi connectivity index (χ1n) is 8.01. The van der Waals surface area contributed by atoms with Crippen molar-refractivity contribution >= 4 is 51.3 Å². The molecule has 0 atom stereocenters. The summed E-state index contributed by atoms with van der Waals surface area (Å²) in [6, 6.07) is 4.11. The molecular weight excluding hydrogens is 459 g/mol. The lowest BCUT2D eigenvalue weighted by molar-refractivity contribution is 0.447. The first kappa shape index (κ1) is 21.7. The summed E-state index contributed by atoms with van der Waals surface area (Å²) in [5.74, 6) is 0.569. The number of nitrogens with two attached hydrogens (primary N) is 1. The molecule has 24 heavy (non-hydrogen) atoms. The minimum Gasteiger partial charge on any atom is -0.370 e. The van der Waals surface area contributed by atoms with Crippen LogP contribution in [0.5, 0.6) is 0 Å². The molecule has 2 N–H and O–H groups in total. The lowest BCUT2D eigenvalue weighted by Gasteiger charge is -2.17. The van der Waals surface area contributed by atoms with E-state index in [9.17, 15) is 8.42 Å². The zero-order valence-electron chi connectivity index (χ0n) is 14.4. The van der Waals surface area contributed by atoms with Crippen molar-refractivity contribution in [2.75, 3.05) is 26.7 Å². The minimum atomic E-state index is -3.36. The van der Waals surface area contributed by atoms with Crippen molar-refractivity contribution < 1.29 is 8.42 Å². The van der Waals surface area contributed by atoms with Crippen LogP contribution < -0.4 is 5.73 Å². The highest BCUT2D eigenvalue weighted by molar-refractivity contribution is 14.0. The maximum Gasteiger partial charge on any atom is 0.252 e. The van der Waals surface area contributed by atoms with E-state index in [0.717, 1.165) is 4.88 Å². The Hall–Kier alpha value is -0.390. The molecule has 2 rings (SSSR count). The fourth-order valence-corrected chi connectivity index (χ4v) is 5.32. The van der Waals surface area contributed by atoms with Gasteiger partial charge in [0.1, 0.15) is 4.21 Å². The number of aliphatic imine (C=N–C) groups is 1. The van der Waals surface area contributed by atoms with Crippen LogP contribution in [0.15, 0.2) is 21.3 Å². The fourth-order valence-electron chi connectivity index (χ4n) is 2.36. The van der Waals surface area contributed by atoms with Crippen LogP contribution in [0.3, 0.4) is 0 Å². The molecule has 0 radical (unpaired) electrons. The Morgan fingerprint density at radius 2 is 1.96 bits per heavy atom. The number of nitrogens with zero attached hydrogens (tertiary/aromatic N) is 3. The van der Waals surface area contributed by atoms with Gasteiger partial charge in [-0.15, -0.1) is 35.3 Å². The highest BCUT2D eigenvalue weighted by atomic mass is 127. The van der Waals surface area contributed by atoms with Crippen LogP contribution in [-0.2, 0) is 16.4 Å². The molecule has 1 aliphatic carbocycles. The number of hydrogen-bond acceptors (Lipinski definition) is 4. The van der Waals surface area contributed by atoms with Gasteiger partial charge in [0.25, 0.3) is 10.0 Å². The number of halogens is 1. The lowest BCUT2D eigenvalue weighted by Crippen LogP contribution is -2.35. The molecule has 0 unspecified atom stereocenters. The number of guanidine groups is 1. The van der Waals surface area contributed by atoms with Crippen molar-refractivity contribution in [3.8, 4) is 0 Å². The van der Waals surface area contributed by atoms with E-state index in [1.165, 1.54) is 28.5 Å². The number of thiophene rings is 1. The Kier molecular flexibility index (Phi) is 8.43. The van der Waals surface area contributed by atoms with Crippen LogP contribution in [0.25, 0.3) is 0 Å². The van der Waals surface area contributed by atoms with Gasteiger partial charge in [-0.2, -0.15) is 4.31 Å². The minimum absolute atomic E-state index is 0. The molecule has 138 valence electrons. The topological polar surface area (TPSA) is 79.0 Å². The van der Waals surface area contributed by atoms with Crippen molar-refractivity contribution in [1.29, 1.82) is 0 Å². The Morgan fingerprint density at radius 3 is 2.50 bits per heavy atom. The first-order chi connectivity index (χ1) is 10.9. The van der Waals surface area contributed by atoms with Crippen molar-refractivity contribution in [1.82, 2.24) is 9.21 Å². The van der Waals surface area contributed by atoms with Gasteiger partial charge >= 0.3 is 0 Å². The summed E-state index contributed by atoms with van der Waals surface area (Å²) in [6.45, 7) is 5.25. The van der Waals surface area contributed by atoms with Gasteiger partial charge < -0.3 is 10.6 Å². The van der Waals surface area contributed by atoms with Gasteiger partial charge in [0.2, 0.25) is 0 Å². The second-order valence-corrected chi connectivity index (χ2v) is 8.98. The van der Waals surface area contributed by atoms with E-state index in [1.54, 1.807) is 6.07 Å². The van der Waals surface area contributed by atoms with Gasteiger partial charge in [-0.3, -0.25) is 4.99 Å². The van der Waals surface area contributed by atoms with Gasteiger partial charge in [-0.25, -0.2) is 8.42 Å². The second-order valence-electron chi connectivity index (χ2n) is 5.64. The second kappa shape index (κ2) is 9.35. The predicted octanol–water partition coefficient (Wildman–Crippen LogP) is 2.35. The van der Waals surface area contributed by atoms with Gasteiger partial charge in [0.05, 0.1) is 0 Å². The quantitative estimate of drug-likeness (QED) is 0.348. The van der Waals surface area contributed by atoms with Crippen LogP contribution in [-0.4, -0.2) is 56.3 Å². The van der Waals surface area contributed by atoms with Crippen LogP contribution >= 0.6 is 35.3 Å². The SMILES string of the molecule is CCN(CC)S(=O)(=O)c1ccc(CCN=C(N)N(C)C2CC2)s1.I. The molecule has 0 aliphatic heterocycles. The van der Waals surface area contributed by atoms with Gasteiger partial charge in [-0.1, -0.05) is 13.8 Å². The average molecular weight is 486 g/mol. The molecule has 0 amide bonds. The molecular formula is C15H27IN4O2S2. The van der Waals surface area contributed by atoms with Crippen molar-refractivity contribution in [2.24, 2.45) is 10.7 Å². The number of sulfonamides is 1. The molecule has 0 saturated heterocycles. The summed E-state index contributed by atoms with van der Waals surface area (Å²) < 4.78 is 26.8. The summed E-state index contributed by atoms with van der Waals surface area (Å²) in [5.41, 5.74) is 5.95. The lowest BCUT2D eigenvalue weighted by atomic mass is 10.3. The Balaban J connectivity index is 0.00000288. The molecule has 0 aromatic carbocycles. The maximum absolute atomic E-state index is 12.4. The Morgan fingerprint density at radius 1 is 1.33 bits per heavy atom. The van der Waals surface area contributed by atoms with Crippen LogP contribution in [0.1, 0.15) is 31.6 Å². The smallest absolute Gasteiger partial charge is 0.252 e. The summed E-state index contributed by atoms with van der Waals surface area (Å²) in [4.78, 5) is 7.42. The van der Waals surface area contributed by atoms with Gasteiger partial charge in [0, 0.05) is 44.0 Å². The highest BCUT2D eigenvalue weighted by Gasteiger charge is 2.27. The third kappa shape index (κ3) is 5.30. The third-order valence-electron chi connectivity index (χ3n) is 4.02. The average Bonchev–Trinajstić information content (AvgIpc) is 3.25. The molecule has 1 aliphatic rings. The van der Waals surface area contributed by atoms with E-state index in [1.807, 2.05) is 31.9 Å². The van der Waals surface area contributed by atoms with E-state index in [0.29, 0.717) is 42.3 Å². The molecule has 1 saturated carbocycles. The van der Waals surface area contributed by atoms with Crippen molar-refractivity contribution in [3.63, 3.8) is 0 Å². The standard InChI is InChI=1S/C15H26N4O2S2.HI/c1-4-19(5-2)23(20,21)14-9-8-13(22-14)10-11-17-15(16)18(3)12-6-7-12;/h8-9,12H,4-7,10-11H2,1-3H3,(H2,16,17);1H. The molecule has 0 bridgehead atoms. The molecule has 1 aromatic rings. The summed E-state index contributed by atoms with van der Waals surface area (Å²) in [6.07, 6.45) is 3.08. The molecule has 6 nitrogen and oxygen atoms in total. The predicted molar refractivity (Wildman–Crippen MR) is 111 cm³/mol. The van der Waals surface area contributed by atoms with E-state index >= 15 is 0 Å². The van der Waals surface area contributed by atoms with E-state index < -0.39 is 10.0 Å². The molecule has 1 fully saturated rings. The van der Waals surface area contributed by atoms with Crippen LogP contribution in [0, 0.1) is 0 Å². The largest absolute Gasteiger partial charge is 0.370 e. The van der Waals surface area contributed by atoms with Gasteiger partial charge in [0.15, 0.2) is 5.96 Å².